The lowest BCUT2D eigenvalue weighted by atomic mass is 9.81. The first-order chi connectivity index (χ1) is 10.7. The summed E-state index contributed by atoms with van der Waals surface area (Å²) < 4.78 is 10.7. The summed E-state index contributed by atoms with van der Waals surface area (Å²) in [4.78, 5) is 12.1. The van der Waals surface area contributed by atoms with Crippen LogP contribution in [0.15, 0.2) is 24.3 Å². The number of carbonyl (C=O) groups excluding carboxylic acids is 1. The lowest BCUT2D eigenvalue weighted by Gasteiger charge is -2.35. The summed E-state index contributed by atoms with van der Waals surface area (Å²) in [7, 11) is 0. The predicted molar refractivity (Wildman–Crippen MR) is 83.9 cm³/mol. The maximum absolute atomic E-state index is 12.1. The summed E-state index contributed by atoms with van der Waals surface area (Å²) in [6, 6.07) is 7.56. The minimum Gasteiger partial charge on any atom is -0.494 e. The molecule has 5 heteroatoms. The highest BCUT2D eigenvalue weighted by Crippen LogP contribution is 2.28. The monoisotopic (exact) mass is 307 g/mol. The molecule has 122 valence electrons. The number of amides is 1. The maximum atomic E-state index is 12.1. The van der Waals surface area contributed by atoms with Gasteiger partial charge in [0.25, 0.3) is 0 Å². The second kappa shape index (κ2) is 8.15. The van der Waals surface area contributed by atoms with Gasteiger partial charge in [-0.05, 0) is 37.5 Å². The highest BCUT2D eigenvalue weighted by molar-refractivity contribution is 5.78. The van der Waals surface area contributed by atoms with Crippen molar-refractivity contribution < 1.29 is 19.4 Å². The van der Waals surface area contributed by atoms with Gasteiger partial charge in [0.1, 0.15) is 5.75 Å². The van der Waals surface area contributed by atoms with Crippen molar-refractivity contribution in [3.63, 3.8) is 0 Å². The molecule has 0 spiro atoms. The van der Waals surface area contributed by atoms with Gasteiger partial charge in [-0.15, -0.1) is 0 Å². The van der Waals surface area contributed by atoms with Crippen LogP contribution < -0.4 is 10.1 Å². The highest BCUT2D eigenvalue weighted by Gasteiger charge is 2.32. The van der Waals surface area contributed by atoms with Crippen LogP contribution >= 0.6 is 0 Å². The molecule has 1 fully saturated rings. The van der Waals surface area contributed by atoms with Gasteiger partial charge in [0.2, 0.25) is 5.91 Å². The van der Waals surface area contributed by atoms with Gasteiger partial charge < -0.3 is 19.9 Å². The van der Waals surface area contributed by atoms with Crippen molar-refractivity contribution in [2.45, 2.75) is 26.2 Å². The molecule has 22 heavy (non-hydrogen) atoms. The number of nitrogens with one attached hydrogen (secondary N) is 1. The van der Waals surface area contributed by atoms with E-state index >= 15 is 0 Å². The van der Waals surface area contributed by atoms with E-state index in [1.807, 2.05) is 31.2 Å². The van der Waals surface area contributed by atoms with Gasteiger partial charge in [-0.3, -0.25) is 4.79 Å². The Hall–Kier alpha value is -1.59. The van der Waals surface area contributed by atoms with Crippen LogP contribution in [0.25, 0.3) is 0 Å². The Morgan fingerprint density at radius 1 is 1.32 bits per heavy atom. The minimum absolute atomic E-state index is 0.0246. The lowest BCUT2D eigenvalue weighted by Crippen LogP contribution is -2.44. The second-order valence-electron chi connectivity index (χ2n) is 5.80. The van der Waals surface area contributed by atoms with Crippen molar-refractivity contribution in [1.29, 1.82) is 0 Å². The number of aliphatic hydroxyl groups is 1. The molecule has 1 aromatic carbocycles. The topological polar surface area (TPSA) is 67.8 Å². The Morgan fingerprint density at radius 2 is 2.00 bits per heavy atom. The van der Waals surface area contributed by atoms with Crippen LogP contribution in [0.3, 0.4) is 0 Å². The van der Waals surface area contributed by atoms with E-state index in [1.165, 1.54) is 0 Å². The van der Waals surface area contributed by atoms with E-state index < -0.39 is 0 Å². The molecule has 1 saturated heterocycles. The molecular formula is C17H25NO4. The molecule has 0 aromatic heterocycles. The van der Waals surface area contributed by atoms with E-state index in [9.17, 15) is 9.90 Å². The first-order valence-electron chi connectivity index (χ1n) is 7.84. The van der Waals surface area contributed by atoms with Crippen LogP contribution in [-0.4, -0.2) is 44.0 Å². The standard InChI is InChI=1S/C17H25NO4/c1-2-22-15-5-3-14(4-6-15)11-16(20)18-12-17(13-19)7-9-21-10-8-17/h3-6,19H,2,7-13H2,1H3,(H,18,20). The van der Waals surface area contributed by atoms with Crippen molar-refractivity contribution in [3.8, 4) is 5.75 Å². The molecule has 1 heterocycles. The van der Waals surface area contributed by atoms with E-state index in [0.717, 1.165) is 24.2 Å². The van der Waals surface area contributed by atoms with E-state index in [1.54, 1.807) is 0 Å². The van der Waals surface area contributed by atoms with Crippen molar-refractivity contribution in [1.82, 2.24) is 5.32 Å². The number of hydrogen-bond donors (Lipinski definition) is 2. The zero-order valence-corrected chi connectivity index (χ0v) is 13.1. The van der Waals surface area contributed by atoms with Gasteiger partial charge in [0.15, 0.2) is 0 Å². The molecule has 0 bridgehead atoms. The number of carbonyl (C=O) groups is 1. The Morgan fingerprint density at radius 3 is 2.59 bits per heavy atom. The molecule has 1 aliphatic heterocycles. The summed E-state index contributed by atoms with van der Waals surface area (Å²) in [5.74, 6) is 0.788. The van der Waals surface area contributed by atoms with E-state index in [2.05, 4.69) is 5.32 Å². The zero-order chi connectivity index (χ0) is 15.8. The molecule has 1 aromatic rings. The largest absolute Gasteiger partial charge is 0.494 e. The molecule has 2 N–H and O–H groups in total. The Labute approximate surface area is 131 Å². The summed E-state index contributed by atoms with van der Waals surface area (Å²) >= 11 is 0. The number of aliphatic hydroxyl groups excluding tert-OH is 1. The van der Waals surface area contributed by atoms with Gasteiger partial charge in [-0.25, -0.2) is 0 Å². The molecule has 0 atom stereocenters. The first-order valence-corrected chi connectivity index (χ1v) is 7.84. The number of benzene rings is 1. The number of rotatable bonds is 7. The number of hydrogen-bond acceptors (Lipinski definition) is 4. The third-order valence-corrected chi connectivity index (χ3v) is 4.15. The minimum atomic E-state index is -0.229. The van der Waals surface area contributed by atoms with Crippen molar-refractivity contribution in [3.05, 3.63) is 29.8 Å². The van der Waals surface area contributed by atoms with Crippen molar-refractivity contribution in [2.75, 3.05) is 33.0 Å². The van der Waals surface area contributed by atoms with Crippen LogP contribution in [0, 0.1) is 5.41 Å². The number of ether oxygens (including phenoxy) is 2. The van der Waals surface area contributed by atoms with Gasteiger partial charge in [0.05, 0.1) is 19.6 Å². The third-order valence-electron chi connectivity index (χ3n) is 4.15. The van der Waals surface area contributed by atoms with E-state index in [4.69, 9.17) is 9.47 Å². The van der Waals surface area contributed by atoms with Crippen molar-refractivity contribution >= 4 is 5.91 Å². The molecule has 0 aliphatic carbocycles. The molecule has 1 amide bonds. The fourth-order valence-electron chi connectivity index (χ4n) is 2.60. The molecule has 0 radical (unpaired) electrons. The smallest absolute Gasteiger partial charge is 0.224 e. The molecule has 0 unspecified atom stereocenters. The Bertz CT molecular complexity index is 466. The lowest BCUT2D eigenvalue weighted by molar-refractivity contribution is -0.121. The summed E-state index contributed by atoms with van der Waals surface area (Å²) in [5.41, 5.74) is 0.721. The first kappa shape index (κ1) is 16.8. The van der Waals surface area contributed by atoms with Crippen LogP contribution in [-0.2, 0) is 16.0 Å². The van der Waals surface area contributed by atoms with Gasteiger partial charge in [-0.2, -0.15) is 0 Å². The van der Waals surface area contributed by atoms with Crippen molar-refractivity contribution in [2.24, 2.45) is 5.41 Å². The van der Waals surface area contributed by atoms with E-state index in [-0.39, 0.29) is 17.9 Å². The second-order valence-corrected chi connectivity index (χ2v) is 5.80. The summed E-state index contributed by atoms with van der Waals surface area (Å²) in [6.07, 6.45) is 1.91. The Balaban J connectivity index is 1.81. The maximum Gasteiger partial charge on any atom is 0.224 e. The molecule has 2 rings (SSSR count). The summed E-state index contributed by atoms with van der Waals surface area (Å²) in [6.45, 7) is 4.45. The van der Waals surface area contributed by atoms with Gasteiger partial charge in [0, 0.05) is 25.2 Å². The average Bonchev–Trinajstić information content (AvgIpc) is 2.56. The van der Waals surface area contributed by atoms with Crippen LogP contribution in [0.2, 0.25) is 0 Å². The normalized spacial score (nSPS) is 17.0. The van der Waals surface area contributed by atoms with Gasteiger partial charge in [-0.1, -0.05) is 12.1 Å². The average molecular weight is 307 g/mol. The SMILES string of the molecule is CCOc1ccc(CC(=O)NCC2(CO)CCOCC2)cc1. The summed E-state index contributed by atoms with van der Waals surface area (Å²) in [5, 5.41) is 12.6. The fourth-order valence-corrected chi connectivity index (χ4v) is 2.60. The molecular weight excluding hydrogens is 282 g/mol. The quantitative estimate of drug-likeness (QED) is 0.802. The van der Waals surface area contributed by atoms with Gasteiger partial charge >= 0.3 is 0 Å². The zero-order valence-electron chi connectivity index (χ0n) is 13.1. The molecule has 1 aliphatic rings. The Kier molecular flexibility index (Phi) is 6.21. The molecule has 0 saturated carbocycles. The van der Waals surface area contributed by atoms with Crippen LogP contribution in [0.5, 0.6) is 5.75 Å². The van der Waals surface area contributed by atoms with E-state index in [0.29, 0.717) is 32.8 Å². The highest BCUT2D eigenvalue weighted by atomic mass is 16.5. The predicted octanol–water partition coefficient (Wildman–Crippen LogP) is 1.53. The molecule has 5 nitrogen and oxygen atoms in total. The van der Waals surface area contributed by atoms with Crippen LogP contribution in [0.1, 0.15) is 25.3 Å². The fraction of sp³-hybridized carbons (Fsp3) is 0.588. The third kappa shape index (κ3) is 4.71. The van der Waals surface area contributed by atoms with Crippen LogP contribution in [0.4, 0.5) is 0 Å².